The van der Waals surface area contributed by atoms with Crippen molar-refractivity contribution in [3.63, 3.8) is 0 Å². The summed E-state index contributed by atoms with van der Waals surface area (Å²) < 4.78 is 0. The van der Waals surface area contributed by atoms with Gasteiger partial charge in [0.2, 0.25) is 0 Å². The zero-order chi connectivity index (χ0) is 14.1. The zero-order valence-electron chi connectivity index (χ0n) is 13.0. The van der Waals surface area contributed by atoms with Crippen molar-refractivity contribution >= 4 is 0 Å². The van der Waals surface area contributed by atoms with Gasteiger partial charge in [-0.3, -0.25) is 0 Å². The highest BCUT2D eigenvalue weighted by atomic mass is 16.3. The maximum Gasteiger partial charge on any atom is 0.122 e. The van der Waals surface area contributed by atoms with E-state index in [-0.39, 0.29) is 10.8 Å². The van der Waals surface area contributed by atoms with Crippen LogP contribution in [-0.2, 0) is 17.3 Å². The molecule has 1 heteroatoms. The lowest BCUT2D eigenvalue weighted by molar-refractivity contribution is 0.437. The Kier molecular flexibility index (Phi) is 4.15. The number of hydrogen-bond donors (Lipinski definition) is 1. The lowest BCUT2D eigenvalue weighted by Crippen LogP contribution is -2.17. The normalized spacial score (nSPS) is 12.8. The summed E-state index contributed by atoms with van der Waals surface area (Å²) in [5.41, 5.74) is 3.58. The maximum absolute atomic E-state index is 10.4. The Hall–Kier alpha value is -0.980. The molecule has 0 aliphatic rings. The molecule has 0 unspecified atom stereocenters. The van der Waals surface area contributed by atoms with Crippen LogP contribution in [0.5, 0.6) is 5.75 Å². The van der Waals surface area contributed by atoms with E-state index in [1.54, 1.807) is 0 Å². The van der Waals surface area contributed by atoms with Crippen LogP contribution in [-0.4, -0.2) is 5.11 Å². The van der Waals surface area contributed by atoms with Gasteiger partial charge in [0.15, 0.2) is 0 Å². The molecule has 1 nitrogen and oxygen atoms in total. The minimum Gasteiger partial charge on any atom is -0.507 e. The molecule has 0 aliphatic carbocycles. The quantitative estimate of drug-likeness (QED) is 0.786. The van der Waals surface area contributed by atoms with Crippen LogP contribution >= 0.6 is 0 Å². The molecule has 0 saturated heterocycles. The Morgan fingerprint density at radius 2 is 1.50 bits per heavy atom. The SMILES string of the molecule is CCCc1cc(C(C)(C)C)cc(C(C)(C)C)c1O. The monoisotopic (exact) mass is 248 g/mol. The molecule has 0 saturated carbocycles. The van der Waals surface area contributed by atoms with Gasteiger partial charge in [-0.1, -0.05) is 67.0 Å². The number of rotatable bonds is 2. The van der Waals surface area contributed by atoms with Gasteiger partial charge in [-0.05, 0) is 33.9 Å². The Morgan fingerprint density at radius 3 is 1.89 bits per heavy atom. The molecule has 1 aromatic rings. The van der Waals surface area contributed by atoms with Crippen molar-refractivity contribution in [1.29, 1.82) is 0 Å². The molecule has 0 aliphatic heterocycles. The van der Waals surface area contributed by atoms with Crippen LogP contribution in [0.4, 0.5) is 0 Å². The van der Waals surface area contributed by atoms with E-state index in [1.807, 2.05) is 0 Å². The van der Waals surface area contributed by atoms with E-state index in [1.165, 1.54) is 5.56 Å². The molecule has 102 valence electrons. The van der Waals surface area contributed by atoms with Gasteiger partial charge < -0.3 is 5.11 Å². The second kappa shape index (κ2) is 4.95. The largest absolute Gasteiger partial charge is 0.507 e. The van der Waals surface area contributed by atoms with E-state index < -0.39 is 0 Å². The molecule has 0 aromatic heterocycles. The van der Waals surface area contributed by atoms with Crippen LogP contribution in [0.3, 0.4) is 0 Å². The third-order valence-corrected chi connectivity index (χ3v) is 3.38. The molecule has 0 fully saturated rings. The highest BCUT2D eigenvalue weighted by Gasteiger charge is 2.24. The Morgan fingerprint density at radius 1 is 0.944 bits per heavy atom. The van der Waals surface area contributed by atoms with Crippen LogP contribution < -0.4 is 0 Å². The van der Waals surface area contributed by atoms with Gasteiger partial charge in [0, 0.05) is 0 Å². The lowest BCUT2D eigenvalue weighted by atomic mass is 9.78. The molecule has 0 radical (unpaired) electrons. The molecule has 0 spiro atoms. The fourth-order valence-electron chi connectivity index (χ4n) is 2.16. The first-order valence-corrected chi connectivity index (χ1v) is 6.94. The number of benzene rings is 1. The van der Waals surface area contributed by atoms with Gasteiger partial charge in [-0.2, -0.15) is 0 Å². The molecule has 1 rings (SSSR count). The van der Waals surface area contributed by atoms with Gasteiger partial charge in [-0.15, -0.1) is 0 Å². The van der Waals surface area contributed by atoms with E-state index in [4.69, 9.17) is 0 Å². The number of aromatic hydroxyl groups is 1. The van der Waals surface area contributed by atoms with Gasteiger partial charge in [0.1, 0.15) is 5.75 Å². The van der Waals surface area contributed by atoms with Gasteiger partial charge in [-0.25, -0.2) is 0 Å². The molecule has 1 aromatic carbocycles. The minimum absolute atomic E-state index is 0.0200. The molecule has 0 heterocycles. The first kappa shape index (κ1) is 15.1. The Bertz CT molecular complexity index is 416. The summed E-state index contributed by atoms with van der Waals surface area (Å²) in [6.07, 6.45) is 2.00. The van der Waals surface area contributed by atoms with E-state index >= 15 is 0 Å². The summed E-state index contributed by atoms with van der Waals surface area (Å²) >= 11 is 0. The van der Waals surface area contributed by atoms with Crippen LogP contribution in [0.15, 0.2) is 12.1 Å². The van der Waals surface area contributed by atoms with Crippen molar-refractivity contribution in [1.82, 2.24) is 0 Å². The highest BCUT2D eigenvalue weighted by molar-refractivity contribution is 5.48. The summed E-state index contributed by atoms with van der Waals surface area (Å²) in [5.74, 6) is 0.498. The summed E-state index contributed by atoms with van der Waals surface area (Å²) in [4.78, 5) is 0. The fraction of sp³-hybridized carbons (Fsp3) is 0.647. The van der Waals surface area contributed by atoms with Crippen molar-refractivity contribution in [3.05, 3.63) is 28.8 Å². The second-order valence-electron chi connectivity index (χ2n) is 7.28. The average molecular weight is 248 g/mol. The molecular weight excluding hydrogens is 220 g/mol. The van der Waals surface area contributed by atoms with Crippen molar-refractivity contribution in [2.24, 2.45) is 0 Å². The van der Waals surface area contributed by atoms with Crippen LogP contribution in [0.25, 0.3) is 0 Å². The maximum atomic E-state index is 10.4. The summed E-state index contributed by atoms with van der Waals surface area (Å²) in [6, 6.07) is 4.35. The van der Waals surface area contributed by atoms with Gasteiger partial charge in [0.05, 0.1) is 0 Å². The van der Waals surface area contributed by atoms with Crippen molar-refractivity contribution in [2.75, 3.05) is 0 Å². The third-order valence-electron chi connectivity index (χ3n) is 3.38. The van der Waals surface area contributed by atoms with Crippen molar-refractivity contribution in [2.45, 2.75) is 72.1 Å². The average Bonchev–Trinajstić information content (AvgIpc) is 2.17. The predicted molar refractivity (Wildman–Crippen MR) is 79.5 cm³/mol. The van der Waals surface area contributed by atoms with Crippen molar-refractivity contribution in [3.8, 4) is 5.75 Å². The van der Waals surface area contributed by atoms with Gasteiger partial charge >= 0.3 is 0 Å². The zero-order valence-corrected chi connectivity index (χ0v) is 13.0. The summed E-state index contributed by atoms with van der Waals surface area (Å²) in [7, 11) is 0. The highest BCUT2D eigenvalue weighted by Crippen LogP contribution is 2.37. The van der Waals surface area contributed by atoms with E-state index in [0.717, 1.165) is 24.0 Å². The van der Waals surface area contributed by atoms with Crippen LogP contribution in [0, 0.1) is 0 Å². The van der Waals surface area contributed by atoms with Gasteiger partial charge in [0.25, 0.3) is 0 Å². The molecule has 18 heavy (non-hydrogen) atoms. The number of hydrogen-bond acceptors (Lipinski definition) is 1. The Balaban J connectivity index is 3.47. The standard InChI is InChI=1S/C17H28O/c1-8-9-12-10-13(16(2,3)4)11-14(15(12)18)17(5,6)7/h10-11,18H,8-9H2,1-7H3. The fourth-order valence-corrected chi connectivity index (χ4v) is 2.16. The first-order chi connectivity index (χ1) is 8.07. The van der Waals surface area contributed by atoms with Crippen LogP contribution in [0.1, 0.15) is 71.6 Å². The van der Waals surface area contributed by atoms with E-state index in [0.29, 0.717) is 5.75 Å². The van der Waals surface area contributed by atoms with Crippen LogP contribution in [0.2, 0.25) is 0 Å². The third kappa shape index (κ3) is 3.28. The topological polar surface area (TPSA) is 20.2 Å². The molecule has 0 atom stereocenters. The molecule has 0 amide bonds. The second-order valence-corrected chi connectivity index (χ2v) is 7.28. The van der Waals surface area contributed by atoms with E-state index in [2.05, 4.69) is 60.6 Å². The molecule has 1 N–H and O–H groups in total. The Labute approximate surface area is 112 Å². The minimum atomic E-state index is -0.0200. The number of aryl methyl sites for hydroxylation is 1. The number of phenolic OH excluding ortho intramolecular Hbond substituents is 1. The summed E-state index contributed by atoms with van der Waals surface area (Å²) in [5, 5.41) is 10.4. The molecular formula is C17H28O. The smallest absolute Gasteiger partial charge is 0.122 e. The van der Waals surface area contributed by atoms with E-state index in [9.17, 15) is 5.11 Å². The molecule has 0 bridgehead atoms. The predicted octanol–water partition coefficient (Wildman–Crippen LogP) is 4.94. The van der Waals surface area contributed by atoms with Crippen molar-refractivity contribution < 1.29 is 5.11 Å². The number of phenols is 1. The first-order valence-electron chi connectivity index (χ1n) is 6.94. The summed E-state index contributed by atoms with van der Waals surface area (Å²) in [6.45, 7) is 15.3. The lowest BCUT2D eigenvalue weighted by Gasteiger charge is -2.27.